The molecule has 4 N–H and O–H groups in total. The lowest BCUT2D eigenvalue weighted by Crippen LogP contribution is -2.48. The Labute approximate surface area is 146 Å². The number of carboxylic acids is 1. The third-order valence-corrected chi connectivity index (χ3v) is 5.15. The fourth-order valence-corrected chi connectivity index (χ4v) is 3.82. The Morgan fingerprint density at radius 2 is 2.12 bits per heavy atom. The first kappa shape index (κ1) is 17.2. The normalized spacial score (nSPS) is 27.1. The molecule has 1 heterocycles. The monoisotopic (exact) mass is 370 g/mol. The molecule has 0 aliphatic heterocycles. The Morgan fingerprint density at radius 3 is 2.83 bits per heavy atom. The molecule has 0 saturated heterocycles. The zero-order valence-electron chi connectivity index (χ0n) is 12.3. The maximum Gasteiger partial charge on any atom is 0.340 e. The average Bonchev–Trinajstić information content (AvgIpc) is 2.91. The molecule has 8 heteroatoms. The Balaban J connectivity index is 1.80. The molecule has 0 amide bonds. The van der Waals surface area contributed by atoms with Gasteiger partial charge in [-0.05, 0) is 29.7 Å². The second-order valence-electron chi connectivity index (χ2n) is 5.68. The van der Waals surface area contributed by atoms with Gasteiger partial charge in [0.25, 0.3) is 0 Å². The number of fused-ring (bicyclic) bond motifs is 1. The molecule has 0 fully saturated rings. The van der Waals surface area contributed by atoms with Crippen LogP contribution in [0, 0.1) is 0 Å². The summed E-state index contributed by atoms with van der Waals surface area (Å²) in [6, 6.07) is 7.37. The van der Waals surface area contributed by atoms with E-state index < -0.39 is 30.2 Å². The van der Waals surface area contributed by atoms with Gasteiger partial charge >= 0.3 is 5.97 Å². The SMILES string of the molecule is O=C(O)[C@]1(O)C=C(OCc2cc3ccc(Cl)cc3s2)[C@@H](O)[C@H](O)C1. The van der Waals surface area contributed by atoms with Gasteiger partial charge < -0.3 is 25.2 Å². The van der Waals surface area contributed by atoms with E-state index in [0.717, 1.165) is 21.0 Å². The summed E-state index contributed by atoms with van der Waals surface area (Å²) in [5, 5.41) is 40.4. The number of halogens is 1. The molecule has 2 aromatic rings. The highest BCUT2D eigenvalue weighted by atomic mass is 35.5. The summed E-state index contributed by atoms with van der Waals surface area (Å²) in [6.07, 6.45) is -2.37. The minimum Gasteiger partial charge on any atom is -0.490 e. The molecule has 1 aromatic heterocycles. The van der Waals surface area contributed by atoms with E-state index in [4.69, 9.17) is 21.4 Å². The number of hydrogen-bond acceptors (Lipinski definition) is 6. The number of aliphatic carboxylic acids is 1. The summed E-state index contributed by atoms with van der Waals surface area (Å²) >= 11 is 7.39. The number of hydrogen-bond donors (Lipinski definition) is 4. The summed E-state index contributed by atoms with van der Waals surface area (Å²) in [6.45, 7) is 0.0717. The summed E-state index contributed by atoms with van der Waals surface area (Å²) in [5.74, 6) is -1.67. The van der Waals surface area contributed by atoms with Crippen LogP contribution in [0.15, 0.2) is 36.1 Å². The lowest BCUT2D eigenvalue weighted by Gasteiger charge is -2.32. The van der Waals surface area contributed by atoms with Crippen molar-refractivity contribution < 1.29 is 30.0 Å². The molecule has 0 bridgehead atoms. The molecular formula is C16H15ClO6S. The fraction of sp³-hybridized carbons (Fsp3) is 0.312. The standard InChI is InChI=1S/C16H15ClO6S/c17-9-2-1-8-3-10(24-13(8)4-9)7-23-12-6-16(22,15(20)21)5-11(18)14(12)19/h1-4,6,11,14,18-19,22H,5,7H2,(H,20,21)/t11-,14+,16-/m1/s1. The number of benzene rings is 1. The maximum absolute atomic E-state index is 11.1. The molecule has 128 valence electrons. The van der Waals surface area contributed by atoms with Crippen LogP contribution >= 0.6 is 22.9 Å². The van der Waals surface area contributed by atoms with Crippen molar-refractivity contribution in [2.75, 3.05) is 0 Å². The van der Waals surface area contributed by atoms with Crippen molar-refractivity contribution in [3.63, 3.8) is 0 Å². The van der Waals surface area contributed by atoms with Gasteiger partial charge in [0.1, 0.15) is 18.5 Å². The molecular weight excluding hydrogens is 356 g/mol. The Bertz CT molecular complexity index is 816. The van der Waals surface area contributed by atoms with Crippen LogP contribution in [0.3, 0.4) is 0 Å². The first-order valence-electron chi connectivity index (χ1n) is 7.14. The molecule has 3 rings (SSSR count). The number of carboxylic acid groups (broad SMARTS) is 1. The molecule has 1 aliphatic rings. The molecule has 0 radical (unpaired) electrons. The predicted octanol–water partition coefficient (Wildman–Crippen LogP) is 1.90. The first-order valence-corrected chi connectivity index (χ1v) is 8.33. The number of ether oxygens (including phenoxy) is 1. The Hall–Kier alpha value is -1.64. The van der Waals surface area contributed by atoms with Gasteiger partial charge in [-0.1, -0.05) is 17.7 Å². The molecule has 3 atom stereocenters. The molecule has 24 heavy (non-hydrogen) atoms. The molecule has 0 unspecified atom stereocenters. The maximum atomic E-state index is 11.1. The smallest absolute Gasteiger partial charge is 0.340 e. The van der Waals surface area contributed by atoms with Gasteiger partial charge in [-0.25, -0.2) is 4.79 Å². The van der Waals surface area contributed by atoms with E-state index >= 15 is 0 Å². The van der Waals surface area contributed by atoms with Crippen LogP contribution < -0.4 is 0 Å². The van der Waals surface area contributed by atoms with Crippen LogP contribution in [0.5, 0.6) is 0 Å². The van der Waals surface area contributed by atoms with Crippen molar-refractivity contribution in [3.8, 4) is 0 Å². The van der Waals surface area contributed by atoms with E-state index in [9.17, 15) is 20.1 Å². The predicted molar refractivity (Wildman–Crippen MR) is 88.9 cm³/mol. The van der Waals surface area contributed by atoms with E-state index in [-0.39, 0.29) is 12.4 Å². The molecule has 6 nitrogen and oxygen atoms in total. The van der Waals surface area contributed by atoms with Crippen LogP contribution in [0.2, 0.25) is 5.02 Å². The van der Waals surface area contributed by atoms with Gasteiger partial charge in [0, 0.05) is 21.0 Å². The number of aliphatic hydroxyl groups excluding tert-OH is 2. The highest BCUT2D eigenvalue weighted by molar-refractivity contribution is 7.19. The third kappa shape index (κ3) is 3.26. The molecule has 0 saturated carbocycles. The van der Waals surface area contributed by atoms with Gasteiger partial charge in [-0.15, -0.1) is 11.3 Å². The largest absolute Gasteiger partial charge is 0.490 e. The van der Waals surface area contributed by atoms with Gasteiger partial charge in [0.2, 0.25) is 0 Å². The van der Waals surface area contributed by atoms with Crippen molar-refractivity contribution >= 4 is 39.0 Å². The first-order chi connectivity index (χ1) is 11.3. The van der Waals surface area contributed by atoms with Gasteiger partial charge in [-0.3, -0.25) is 0 Å². The summed E-state index contributed by atoms with van der Waals surface area (Å²) in [4.78, 5) is 12.0. The molecule has 1 aliphatic carbocycles. The summed E-state index contributed by atoms with van der Waals surface area (Å²) < 4.78 is 6.44. The molecule has 0 spiro atoms. The lowest BCUT2D eigenvalue weighted by atomic mass is 9.86. The number of carbonyl (C=O) groups is 1. The van der Waals surface area contributed by atoms with Crippen molar-refractivity contribution in [3.05, 3.63) is 46.0 Å². The fourth-order valence-electron chi connectivity index (χ4n) is 2.56. The van der Waals surface area contributed by atoms with Gasteiger partial charge in [-0.2, -0.15) is 0 Å². The Kier molecular flexibility index (Phi) is 4.54. The molecule has 1 aromatic carbocycles. The second-order valence-corrected chi connectivity index (χ2v) is 7.28. The van der Waals surface area contributed by atoms with E-state index in [2.05, 4.69) is 0 Å². The van der Waals surface area contributed by atoms with Crippen LogP contribution in [0.25, 0.3) is 10.1 Å². The highest BCUT2D eigenvalue weighted by Gasteiger charge is 2.44. The zero-order valence-corrected chi connectivity index (χ0v) is 13.9. The highest BCUT2D eigenvalue weighted by Crippen LogP contribution is 2.32. The van der Waals surface area contributed by atoms with Crippen molar-refractivity contribution in [1.82, 2.24) is 0 Å². The number of aliphatic hydroxyl groups is 3. The number of rotatable bonds is 4. The third-order valence-electron chi connectivity index (χ3n) is 3.84. The second kappa shape index (κ2) is 6.34. The zero-order chi connectivity index (χ0) is 17.5. The van der Waals surface area contributed by atoms with Crippen LogP contribution in [0.4, 0.5) is 0 Å². The van der Waals surface area contributed by atoms with E-state index in [1.54, 1.807) is 6.07 Å². The van der Waals surface area contributed by atoms with Crippen LogP contribution in [-0.2, 0) is 16.1 Å². The summed E-state index contributed by atoms with van der Waals surface area (Å²) in [7, 11) is 0. The quantitative estimate of drug-likeness (QED) is 0.654. The summed E-state index contributed by atoms with van der Waals surface area (Å²) in [5.41, 5.74) is -2.26. The average molecular weight is 371 g/mol. The topological polar surface area (TPSA) is 107 Å². The van der Waals surface area contributed by atoms with Crippen molar-refractivity contribution in [2.24, 2.45) is 0 Å². The van der Waals surface area contributed by atoms with E-state index in [1.807, 2.05) is 18.2 Å². The van der Waals surface area contributed by atoms with Crippen molar-refractivity contribution in [2.45, 2.75) is 30.8 Å². The lowest BCUT2D eigenvalue weighted by molar-refractivity contribution is -0.160. The van der Waals surface area contributed by atoms with E-state index in [0.29, 0.717) is 5.02 Å². The van der Waals surface area contributed by atoms with E-state index in [1.165, 1.54) is 11.3 Å². The number of thiophene rings is 1. The van der Waals surface area contributed by atoms with Crippen LogP contribution in [0.1, 0.15) is 11.3 Å². The van der Waals surface area contributed by atoms with Crippen molar-refractivity contribution in [1.29, 1.82) is 0 Å². The Morgan fingerprint density at radius 1 is 1.38 bits per heavy atom. The minimum atomic E-state index is -2.26. The van der Waals surface area contributed by atoms with Gasteiger partial charge in [0.15, 0.2) is 5.60 Å². The van der Waals surface area contributed by atoms with Gasteiger partial charge in [0.05, 0.1) is 6.10 Å². The van der Waals surface area contributed by atoms with Crippen LogP contribution in [-0.4, -0.2) is 44.2 Å². The minimum absolute atomic E-state index is 0.0717.